The number of anilines is 1. The van der Waals surface area contributed by atoms with E-state index in [1.54, 1.807) is 11.3 Å². The standard InChI is InChI=1S/C14H20N4S/c1-3-5-15-8-12-4-6-16-14(7-12)18(2)9-13-10-19-11-17-13/h4,6-7,10-11,15H,3,5,8-9H2,1-2H3. The highest BCUT2D eigenvalue weighted by Crippen LogP contribution is 2.14. The van der Waals surface area contributed by atoms with Crippen LogP contribution in [-0.4, -0.2) is 23.6 Å². The summed E-state index contributed by atoms with van der Waals surface area (Å²) in [5, 5.41) is 5.48. The smallest absolute Gasteiger partial charge is 0.128 e. The van der Waals surface area contributed by atoms with Gasteiger partial charge in [0, 0.05) is 25.2 Å². The van der Waals surface area contributed by atoms with E-state index in [1.807, 2.05) is 18.8 Å². The molecule has 0 aromatic carbocycles. The summed E-state index contributed by atoms with van der Waals surface area (Å²) < 4.78 is 0. The third-order valence-corrected chi connectivity index (χ3v) is 3.47. The van der Waals surface area contributed by atoms with Crippen LogP contribution in [0.2, 0.25) is 0 Å². The van der Waals surface area contributed by atoms with E-state index in [2.05, 4.69) is 44.6 Å². The molecule has 0 amide bonds. The molecule has 19 heavy (non-hydrogen) atoms. The van der Waals surface area contributed by atoms with E-state index in [1.165, 1.54) is 5.56 Å². The second-order valence-corrected chi connectivity index (χ2v) is 5.25. The highest BCUT2D eigenvalue weighted by Gasteiger charge is 2.05. The van der Waals surface area contributed by atoms with Crippen molar-refractivity contribution in [3.05, 3.63) is 40.5 Å². The van der Waals surface area contributed by atoms with Gasteiger partial charge in [-0.25, -0.2) is 9.97 Å². The number of thiazole rings is 1. The van der Waals surface area contributed by atoms with Gasteiger partial charge in [0.05, 0.1) is 17.7 Å². The Hall–Kier alpha value is -1.46. The molecule has 5 heteroatoms. The van der Waals surface area contributed by atoms with Crippen LogP contribution < -0.4 is 10.2 Å². The number of nitrogens with zero attached hydrogens (tertiary/aromatic N) is 3. The fourth-order valence-electron chi connectivity index (χ4n) is 1.83. The highest BCUT2D eigenvalue weighted by molar-refractivity contribution is 7.07. The SMILES string of the molecule is CCCNCc1ccnc(N(C)Cc2cscn2)c1. The first kappa shape index (κ1) is 14.0. The molecule has 2 aromatic rings. The van der Waals surface area contributed by atoms with Crippen molar-refractivity contribution < 1.29 is 0 Å². The zero-order valence-corrected chi connectivity index (χ0v) is 12.3. The summed E-state index contributed by atoms with van der Waals surface area (Å²) >= 11 is 1.63. The van der Waals surface area contributed by atoms with Crippen molar-refractivity contribution in [2.24, 2.45) is 0 Å². The molecule has 0 aliphatic rings. The number of nitrogens with one attached hydrogen (secondary N) is 1. The minimum atomic E-state index is 0.794. The van der Waals surface area contributed by atoms with Crippen LogP contribution in [0.3, 0.4) is 0 Å². The van der Waals surface area contributed by atoms with Crippen LogP contribution in [0.5, 0.6) is 0 Å². The van der Waals surface area contributed by atoms with Gasteiger partial charge in [-0.05, 0) is 30.7 Å². The van der Waals surface area contributed by atoms with Crippen molar-refractivity contribution in [3.63, 3.8) is 0 Å². The maximum atomic E-state index is 4.42. The van der Waals surface area contributed by atoms with Gasteiger partial charge in [-0.2, -0.15) is 0 Å². The number of aromatic nitrogens is 2. The van der Waals surface area contributed by atoms with Gasteiger partial charge >= 0.3 is 0 Å². The number of pyridine rings is 1. The molecule has 0 radical (unpaired) electrons. The first-order valence-electron chi connectivity index (χ1n) is 6.53. The van der Waals surface area contributed by atoms with Crippen molar-refractivity contribution in [2.45, 2.75) is 26.4 Å². The quantitative estimate of drug-likeness (QED) is 0.789. The van der Waals surface area contributed by atoms with Crippen LogP contribution in [-0.2, 0) is 13.1 Å². The lowest BCUT2D eigenvalue weighted by Gasteiger charge is -2.17. The normalized spacial score (nSPS) is 10.6. The fourth-order valence-corrected chi connectivity index (χ4v) is 2.38. The summed E-state index contributed by atoms with van der Waals surface area (Å²) in [6.07, 6.45) is 3.03. The van der Waals surface area contributed by atoms with Crippen molar-refractivity contribution in [3.8, 4) is 0 Å². The van der Waals surface area contributed by atoms with Gasteiger partial charge in [0.25, 0.3) is 0 Å². The lowest BCUT2D eigenvalue weighted by molar-refractivity contribution is 0.674. The predicted molar refractivity (Wildman–Crippen MR) is 80.5 cm³/mol. The Balaban J connectivity index is 1.97. The van der Waals surface area contributed by atoms with Gasteiger partial charge in [-0.15, -0.1) is 11.3 Å². The minimum absolute atomic E-state index is 0.794. The van der Waals surface area contributed by atoms with Gasteiger partial charge in [-0.3, -0.25) is 0 Å². The Morgan fingerprint density at radius 2 is 2.26 bits per heavy atom. The molecule has 0 saturated carbocycles. The number of hydrogen-bond acceptors (Lipinski definition) is 5. The van der Waals surface area contributed by atoms with E-state index in [-0.39, 0.29) is 0 Å². The summed E-state index contributed by atoms with van der Waals surface area (Å²) in [4.78, 5) is 10.8. The molecular weight excluding hydrogens is 256 g/mol. The van der Waals surface area contributed by atoms with Crippen LogP contribution in [0.4, 0.5) is 5.82 Å². The fraction of sp³-hybridized carbons (Fsp3) is 0.429. The molecule has 0 fully saturated rings. The summed E-state index contributed by atoms with van der Waals surface area (Å²) in [5.74, 6) is 0.990. The molecule has 2 heterocycles. The average Bonchev–Trinajstić information content (AvgIpc) is 2.92. The van der Waals surface area contributed by atoms with Gasteiger partial charge in [0.1, 0.15) is 5.82 Å². The molecule has 102 valence electrons. The van der Waals surface area contributed by atoms with Gasteiger partial charge in [0.2, 0.25) is 0 Å². The van der Waals surface area contributed by atoms with Gasteiger partial charge < -0.3 is 10.2 Å². The molecule has 2 aromatic heterocycles. The molecule has 0 spiro atoms. The summed E-state index contributed by atoms with van der Waals surface area (Å²) in [5.41, 5.74) is 4.22. The Morgan fingerprint density at radius 3 is 3.00 bits per heavy atom. The second kappa shape index (κ2) is 7.21. The monoisotopic (exact) mass is 276 g/mol. The molecule has 1 N–H and O–H groups in total. The topological polar surface area (TPSA) is 41.1 Å². The summed E-state index contributed by atoms with van der Waals surface area (Å²) in [6.45, 7) is 4.91. The minimum Gasteiger partial charge on any atom is -0.354 e. The van der Waals surface area contributed by atoms with E-state index >= 15 is 0 Å². The molecule has 0 bridgehead atoms. The maximum absolute atomic E-state index is 4.42. The van der Waals surface area contributed by atoms with Crippen molar-refractivity contribution in [2.75, 3.05) is 18.5 Å². The zero-order chi connectivity index (χ0) is 13.5. The van der Waals surface area contributed by atoms with Crippen LogP contribution in [0.1, 0.15) is 24.6 Å². The third-order valence-electron chi connectivity index (χ3n) is 2.84. The van der Waals surface area contributed by atoms with E-state index in [0.717, 1.165) is 37.6 Å². The Labute approximate surface area is 118 Å². The first-order valence-corrected chi connectivity index (χ1v) is 7.47. The maximum Gasteiger partial charge on any atom is 0.128 e. The largest absolute Gasteiger partial charge is 0.354 e. The van der Waals surface area contributed by atoms with E-state index in [4.69, 9.17) is 0 Å². The number of hydrogen-bond donors (Lipinski definition) is 1. The number of rotatable bonds is 7. The van der Waals surface area contributed by atoms with E-state index < -0.39 is 0 Å². The Kier molecular flexibility index (Phi) is 5.30. The van der Waals surface area contributed by atoms with Crippen molar-refractivity contribution >= 4 is 17.2 Å². The van der Waals surface area contributed by atoms with E-state index in [9.17, 15) is 0 Å². The average molecular weight is 276 g/mol. The molecule has 0 saturated heterocycles. The lowest BCUT2D eigenvalue weighted by atomic mass is 10.2. The molecule has 0 unspecified atom stereocenters. The summed E-state index contributed by atoms with van der Waals surface area (Å²) in [6, 6.07) is 4.19. The van der Waals surface area contributed by atoms with Crippen molar-refractivity contribution in [1.29, 1.82) is 0 Å². The van der Waals surface area contributed by atoms with Crippen LogP contribution in [0, 0.1) is 0 Å². The van der Waals surface area contributed by atoms with Crippen LogP contribution >= 0.6 is 11.3 Å². The molecule has 0 aliphatic heterocycles. The van der Waals surface area contributed by atoms with Crippen LogP contribution in [0.15, 0.2) is 29.2 Å². The van der Waals surface area contributed by atoms with Crippen LogP contribution in [0.25, 0.3) is 0 Å². The van der Waals surface area contributed by atoms with E-state index in [0.29, 0.717) is 0 Å². The summed E-state index contributed by atoms with van der Waals surface area (Å²) in [7, 11) is 2.05. The predicted octanol–water partition coefficient (Wildman–Crippen LogP) is 2.67. The first-order chi connectivity index (χ1) is 9.29. The second-order valence-electron chi connectivity index (χ2n) is 4.53. The van der Waals surface area contributed by atoms with Gasteiger partial charge in [0.15, 0.2) is 0 Å². The Morgan fingerprint density at radius 1 is 1.37 bits per heavy atom. The molecule has 0 atom stereocenters. The highest BCUT2D eigenvalue weighted by atomic mass is 32.1. The Bertz CT molecular complexity index is 484. The van der Waals surface area contributed by atoms with Gasteiger partial charge in [-0.1, -0.05) is 6.92 Å². The third kappa shape index (κ3) is 4.29. The zero-order valence-electron chi connectivity index (χ0n) is 11.5. The molecule has 4 nitrogen and oxygen atoms in total. The molecular formula is C14H20N4S. The molecule has 2 rings (SSSR count). The molecule has 0 aliphatic carbocycles. The lowest BCUT2D eigenvalue weighted by Crippen LogP contribution is -2.19. The van der Waals surface area contributed by atoms with Crippen molar-refractivity contribution in [1.82, 2.24) is 15.3 Å².